The van der Waals surface area contributed by atoms with E-state index in [1.807, 2.05) is 18.5 Å². The van der Waals surface area contributed by atoms with Crippen LogP contribution in [0.4, 0.5) is 0 Å². The molecule has 0 fully saturated rings. The van der Waals surface area contributed by atoms with Crippen LogP contribution in [0.5, 0.6) is 0 Å². The Balaban J connectivity index is 2.54. The lowest BCUT2D eigenvalue weighted by molar-refractivity contribution is 0.515. The summed E-state index contributed by atoms with van der Waals surface area (Å²) < 4.78 is 0. The van der Waals surface area contributed by atoms with E-state index >= 15 is 0 Å². The van der Waals surface area contributed by atoms with E-state index in [2.05, 4.69) is 36.8 Å². The predicted molar refractivity (Wildman–Crippen MR) is 69.5 cm³/mol. The van der Waals surface area contributed by atoms with E-state index in [0.29, 0.717) is 6.04 Å². The Morgan fingerprint density at radius 1 is 1.50 bits per heavy atom. The number of nitrogens with one attached hydrogen (secondary N) is 1. The topological polar surface area (TPSA) is 24.9 Å². The Morgan fingerprint density at radius 2 is 2.31 bits per heavy atom. The summed E-state index contributed by atoms with van der Waals surface area (Å²) in [6.07, 6.45) is 6.91. The zero-order valence-corrected chi connectivity index (χ0v) is 10.4. The van der Waals surface area contributed by atoms with Crippen molar-refractivity contribution < 1.29 is 0 Å². The van der Waals surface area contributed by atoms with Crippen molar-refractivity contribution in [1.82, 2.24) is 10.3 Å². The van der Waals surface area contributed by atoms with Crippen LogP contribution < -0.4 is 5.32 Å². The molecule has 1 aromatic heterocycles. The first kappa shape index (κ1) is 12.9. The highest BCUT2D eigenvalue weighted by atomic mass is 14.9. The number of likely N-dealkylation sites (N-methyl/N-ethyl adjacent to an activating group) is 1. The summed E-state index contributed by atoms with van der Waals surface area (Å²) in [5, 5.41) is 3.51. The third-order valence-corrected chi connectivity index (χ3v) is 2.73. The average Bonchev–Trinajstić information content (AvgIpc) is 2.30. The van der Waals surface area contributed by atoms with Crippen LogP contribution in [0.1, 0.15) is 32.3 Å². The van der Waals surface area contributed by atoms with Crippen molar-refractivity contribution in [2.45, 2.75) is 39.2 Å². The van der Waals surface area contributed by atoms with Gasteiger partial charge in [-0.15, -0.1) is 0 Å². The summed E-state index contributed by atoms with van der Waals surface area (Å²) in [7, 11) is 0. The molecule has 0 bridgehead atoms. The second-order valence-corrected chi connectivity index (χ2v) is 4.13. The fraction of sp³-hybridized carbons (Fsp3) is 0.500. The van der Waals surface area contributed by atoms with E-state index in [-0.39, 0.29) is 0 Å². The van der Waals surface area contributed by atoms with Gasteiger partial charge < -0.3 is 5.32 Å². The Kier molecular flexibility index (Phi) is 5.79. The number of rotatable bonds is 7. The van der Waals surface area contributed by atoms with Crippen molar-refractivity contribution in [2.75, 3.05) is 6.54 Å². The SMILES string of the molecule is C=C(CC)CC(Cc1cccnc1)NCC. The minimum atomic E-state index is 0.488. The van der Waals surface area contributed by atoms with E-state index in [1.54, 1.807) is 0 Å². The maximum atomic E-state index is 4.15. The minimum absolute atomic E-state index is 0.488. The van der Waals surface area contributed by atoms with E-state index in [0.717, 1.165) is 25.8 Å². The third kappa shape index (κ3) is 4.58. The van der Waals surface area contributed by atoms with Crippen molar-refractivity contribution in [3.8, 4) is 0 Å². The predicted octanol–water partition coefficient (Wildman–Crippen LogP) is 2.96. The summed E-state index contributed by atoms with van der Waals surface area (Å²) in [6.45, 7) is 9.39. The molecule has 1 rings (SSSR count). The molecule has 16 heavy (non-hydrogen) atoms. The molecule has 1 heterocycles. The molecule has 0 aliphatic carbocycles. The minimum Gasteiger partial charge on any atom is -0.314 e. The fourth-order valence-electron chi connectivity index (χ4n) is 1.80. The zero-order valence-electron chi connectivity index (χ0n) is 10.4. The quantitative estimate of drug-likeness (QED) is 0.712. The molecule has 0 spiro atoms. The van der Waals surface area contributed by atoms with Gasteiger partial charge in [0.15, 0.2) is 0 Å². The van der Waals surface area contributed by atoms with E-state index in [1.165, 1.54) is 11.1 Å². The standard InChI is InChI=1S/C14H22N2/c1-4-12(3)9-14(16-5-2)10-13-7-6-8-15-11-13/h6-8,11,14,16H,3-5,9-10H2,1-2H3. The van der Waals surface area contributed by atoms with Gasteiger partial charge in [0.1, 0.15) is 0 Å². The number of hydrogen-bond donors (Lipinski definition) is 1. The van der Waals surface area contributed by atoms with Gasteiger partial charge in [0, 0.05) is 18.4 Å². The van der Waals surface area contributed by atoms with Crippen molar-refractivity contribution in [1.29, 1.82) is 0 Å². The molecular weight excluding hydrogens is 196 g/mol. The lowest BCUT2D eigenvalue weighted by atomic mass is 9.99. The second-order valence-electron chi connectivity index (χ2n) is 4.13. The molecule has 0 aromatic carbocycles. The Bertz CT molecular complexity index is 306. The number of hydrogen-bond acceptors (Lipinski definition) is 2. The zero-order chi connectivity index (χ0) is 11.8. The van der Waals surface area contributed by atoms with E-state index < -0.39 is 0 Å². The molecule has 0 aliphatic rings. The smallest absolute Gasteiger partial charge is 0.0300 e. The molecule has 0 radical (unpaired) electrons. The van der Waals surface area contributed by atoms with Crippen molar-refractivity contribution in [3.05, 3.63) is 42.2 Å². The molecule has 0 saturated carbocycles. The molecule has 1 N–H and O–H groups in total. The van der Waals surface area contributed by atoms with Crippen LogP contribution in [0.3, 0.4) is 0 Å². The van der Waals surface area contributed by atoms with Crippen LogP contribution in [0.25, 0.3) is 0 Å². The summed E-state index contributed by atoms with van der Waals surface area (Å²) in [4.78, 5) is 4.15. The van der Waals surface area contributed by atoms with Gasteiger partial charge in [-0.3, -0.25) is 4.98 Å². The third-order valence-electron chi connectivity index (χ3n) is 2.73. The highest BCUT2D eigenvalue weighted by Gasteiger charge is 2.09. The van der Waals surface area contributed by atoms with Gasteiger partial charge in [-0.25, -0.2) is 0 Å². The Labute approximate surface area is 98.8 Å². The fourth-order valence-corrected chi connectivity index (χ4v) is 1.80. The first-order valence-corrected chi connectivity index (χ1v) is 6.05. The molecule has 88 valence electrons. The van der Waals surface area contributed by atoms with Crippen molar-refractivity contribution in [2.24, 2.45) is 0 Å². The molecular formula is C14H22N2. The molecule has 0 aliphatic heterocycles. The highest BCUT2D eigenvalue weighted by Crippen LogP contribution is 2.11. The number of nitrogens with zero attached hydrogens (tertiary/aromatic N) is 1. The second kappa shape index (κ2) is 7.18. The normalized spacial score (nSPS) is 12.4. The van der Waals surface area contributed by atoms with E-state index in [9.17, 15) is 0 Å². The maximum absolute atomic E-state index is 4.15. The molecule has 1 atom stereocenters. The van der Waals surface area contributed by atoms with Crippen LogP contribution in [0.15, 0.2) is 36.7 Å². The lowest BCUT2D eigenvalue weighted by Crippen LogP contribution is -2.31. The summed E-state index contributed by atoms with van der Waals surface area (Å²) in [5.41, 5.74) is 2.60. The van der Waals surface area contributed by atoms with Crippen LogP contribution in [0.2, 0.25) is 0 Å². The van der Waals surface area contributed by atoms with Crippen molar-refractivity contribution in [3.63, 3.8) is 0 Å². The summed E-state index contributed by atoms with van der Waals surface area (Å²) in [5.74, 6) is 0. The van der Waals surface area contributed by atoms with Gasteiger partial charge in [0.05, 0.1) is 0 Å². The monoisotopic (exact) mass is 218 g/mol. The lowest BCUT2D eigenvalue weighted by Gasteiger charge is -2.18. The van der Waals surface area contributed by atoms with Gasteiger partial charge in [0.2, 0.25) is 0 Å². The summed E-state index contributed by atoms with van der Waals surface area (Å²) in [6, 6.07) is 4.61. The van der Waals surface area contributed by atoms with Crippen LogP contribution >= 0.6 is 0 Å². The summed E-state index contributed by atoms with van der Waals surface area (Å²) >= 11 is 0. The Hall–Kier alpha value is -1.15. The molecule has 0 amide bonds. The average molecular weight is 218 g/mol. The molecule has 1 unspecified atom stereocenters. The van der Waals surface area contributed by atoms with Crippen LogP contribution in [0, 0.1) is 0 Å². The Morgan fingerprint density at radius 3 is 2.88 bits per heavy atom. The highest BCUT2D eigenvalue weighted by molar-refractivity contribution is 5.11. The van der Waals surface area contributed by atoms with Crippen LogP contribution in [-0.4, -0.2) is 17.6 Å². The molecule has 2 heteroatoms. The first-order valence-electron chi connectivity index (χ1n) is 6.05. The largest absolute Gasteiger partial charge is 0.314 e. The van der Waals surface area contributed by atoms with E-state index in [4.69, 9.17) is 0 Å². The van der Waals surface area contributed by atoms with Gasteiger partial charge in [-0.05, 0) is 37.4 Å². The van der Waals surface area contributed by atoms with Gasteiger partial charge in [0.25, 0.3) is 0 Å². The first-order chi connectivity index (χ1) is 7.76. The molecule has 1 aromatic rings. The molecule has 0 saturated heterocycles. The van der Waals surface area contributed by atoms with Crippen LogP contribution in [-0.2, 0) is 6.42 Å². The van der Waals surface area contributed by atoms with Gasteiger partial charge in [-0.1, -0.05) is 32.1 Å². The molecule has 2 nitrogen and oxygen atoms in total. The maximum Gasteiger partial charge on any atom is 0.0300 e. The van der Waals surface area contributed by atoms with Gasteiger partial charge in [-0.2, -0.15) is 0 Å². The number of aromatic nitrogens is 1. The van der Waals surface area contributed by atoms with Crippen molar-refractivity contribution >= 4 is 0 Å². The van der Waals surface area contributed by atoms with Gasteiger partial charge >= 0.3 is 0 Å². The number of pyridine rings is 1.